The van der Waals surface area contributed by atoms with Crippen LogP contribution in [0.5, 0.6) is 5.75 Å². The first kappa shape index (κ1) is 21.4. The predicted octanol–water partition coefficient (Wildman–Crippen LogP) is 1.57. The summed E-state index contributed by atoms with van der Waals surface area (Å²) in [7, 11) is 0. The smallest absolute Gasteiger partial charge is 0.270 e. The van der Waals surface area contributed by atoms with Crippen molar-refractivity contribution in [1.82, 2.24) is 16.2 Å². The Hall–Kier alpha value is -3.95. The topological polar surface area (TPSA) is 140 Å². The number of nitrogens with one attached hydrogen (secondary N) is 3. The summed E-state index contributed by atoms with van der Waals surface area (Å²) in [5, 5.41) is 13.2. The van der Waals surface area contributed by atoms with Crippen LogP contribution in [0.3, 0.4) is 0 Å². The second-order valence-electron chi connectivity index (χ2n) is 5.90. The molecule has 29 heavy (non-hydrogen) atoms. The van der Waals surface area contributed by atoms with Crippen molar-refractivity contribution < 1.29 is 24.0 Å². The monoisotopic (exact) mass is 400 g/mol. The van der Waals surface area contributed by atoms with E-state index in [-0.39, 0.29) is 11.3 Å². The van der Waals surface area contributed by atoms with E-state index in [9.17, 15) is 24.5 Å². The van der Waals surface area contributed by atoms with Crippen molar-refractivity contribution >= 4 is 23.4 Å². The van der Waals surface area contributed by atoms with E-state index >= 15 is 0 Å². The molecule has 0 aliphatic heterocycles. The van der Waals surface area contributed by atoms with Crippen LogP contribution in [0.4, 0.5) is 5.69 Å². The highest BCUT2D eigenvalue weighted by Crippen LogP contribution is 2.13. The highest BCUT2D eigenvalue weighted by molar-refractivity contribution is 5.99. The maximum Gasteiger partial charge on any atom is 0.270 e. The van der Waals surface area contributed by atoms with Gasteiger partial charge in [-0.05, 0) is 44.2 Å². The average Bonchev–Trinajstić information content (AvgIpc) is 2.72. The second-order valence-corrected chi connectivity index (χ2v) is 5.90. The van der Waals surface area contributed by atoms with Crippen LogP contribution in [0.25, 0.3) is 0 Å². The zero-order valence-electron chi connectivity index (χ0n) is 15.8. The van der Waals surface area contributed by atoms with Gasteiger partial charge in [0.1, 0.15) is 11.8 Å². The molecule has 0 aliphatic carbocycles. The third-order valence-electron chi connectivity index (χ3n) is 3.79. The molecule has 10 nitrogen and oxygen atoms in total. The summed E-state index contributed by atoms with van der Waals surface area (Å²) in [6.45, 7) is 3.75. The molecule has 0 aliphatic rings. The Bertz CT molecular complexity index is 913. The number of hydrogen-bond donors (Lipinski definition) is 3. The van der Waals surface area contributed by atoms with Gasteiger partial charge in [0.25, 0.3) is 23.4 Å². The van der Waals surface area contributed by atoms with Crippen LogP contribution < -0.4 is 20.9 Å². The van der Waals surface area contributed by atoms with Gasteiger partial charge in [-0.3, -0.25) is 35.3 Å². The zero-order chi connectivity index (χ0) is 21.4. The quantitative estimate of drug-likeness (QED) is 0.476. The molecule has 152 valence electrons. The van der Waals surface area contributed by atoms with Crippen LogP contribution >= 0.6 is 0 Å². The number of carbonyl (C=O) groups excluding carboxylic acids is 3. The van der Waals surface area contributed by atoms with Crippen LogP contribution in [-0.2, 0) is 4.79 Å². The molecule has 0 unspecified atom stereocenters. The second kappa shape index (κ2) is 9.83. The first-order valence-corrected chi connectivity index (χ1v) is 8.70. The lowest BCUT2D eigenvalue weighted by atomic mass is 10.1. The standard InChI is InChI=1S/C19H20N4O6/c1-3-29-16-9-7-13(8-10-16)19(26)22-21-17(24)12(2)20-18(25)14-5-4-6-15(11-14)23(27)28/h4-12H,3H2,1-2H3,(H,20,25)(H,21,24)(H,22,26)/t12-/m0/s1. The molecule has 2 aromatic rings. The summed E-state index contributed by atoms with van der Waals surface area (Å²) >= 11 is 0. The van der Waals surface area contributed by atoms with Crippen LogP contribution in [-0.4, -0.2) is 35.3 Å². The minimum atomic E-state index is -0.998. The average molecular weight is 400 g/mol. The molecule has 3 N–H and O–H groups in total. The number of hydrazine groups is 1. The highest BCUT2D eigenvalue weighted by atomic mass is 16.6. The third kappa shape index (κ3) is 6.03. The molecule has 0 heterocycles. The van der Waals surface area contributed by atoms with Crippen LogP contribution in [0.15, 0.2) is 48.5 Å². The normalized spacial score (nSPS) is 11.1. The molecule has 1 atom stereocenters. The van der Waals surface area contributed by atoms with Crippen molar-refractivity contribution in [2.75, 3.05) is 6.61 Å². The first-order valence-electron chi connectivity index (χ1n) is 8.70. The van der Waals surface area contributed by atoms with E-state index in [1.807, 2.05) is 6.92 Å². The summed E-state index contributed by atoms with van der Waals surface area (Å²) in [6.07, 6.45) is 0. The number of nitrogens with zero attached hydrogens (tertiary/aromatic N) is 1. The third-order valence-corrected chi connectivity index (χ3v) is 3.79. The Morgan fingerprint density at radius 1 is 1.03 bits per heavy atom. The van der Waals surface area contributed by atoms with Gasteiger partial charge in [0.2, 0.25) is 0 Å². The zero-order valence-corrected chi connectivity index (χ0v) is 15.8. The van der Waals surface area contributed by atoms with Crippen molar-refractivity contribution in [3.63, 3.8) is 0 Å². The van der Waals surface area contributed by atoms with Gasteiger partial charge in [0.15, 0.2) is 0 Å². The predicted molar refractivity (Wildman–Crippen MR) is 103 cm³/mol. The van der Waals surface area contributed by atoms with Gasteiger partial charge in [-0.25, -0.2) is 0 Å². The van der Waals surface area contributed by atoms with Gasteiger partial charge in [-0.2, -0.15) is 0 Å². The van der Waals surface area contributed by atoms with Gasteiger partial charge in [0.05, 0.1) is 11.5 Å². The van der Waals surface area contributed by atoms with E-state index in [2.05, 4.69) is 16.2 Å². The van der Waals surface area contributed by atoms with Gasteiger partial charge >= 0.3 is 0 Å². The number of nitro benzene ring substituents is 1. The Morgan fingerprint density at radius 3 is 2.34 bits per heavy atom. The number of amides is 3. The van der Waals surface area contributed by atoms with E-state index < -0.39 is 28.7 Å². The lowest BCUT2D eigenvalue weighted by molar-refractivity contribution is -0.384. The summed E-state index contributed by atoms with van der Waals surface area (Å²) in [6, 6.07) is 10.5. The lowest BCUT2D eigenvalue weighted by Crippen LogP contribution is -2.51. The molecule has 10 heteroatoms. The number of non-ortho nitro benzene ring substituents is 1. The summed E-state index contributed by atoms with van der Waals surface area (Å²) in [5.41, 5.74) is 4.57. The van der Waals surface area contributed by atoms with Gasteiger partial charge < -0.3 is 10.1 Å². The molecule has 0 saturated heterocycles. The number of nitro groups is 1. The van der Waals surface area contributed by atoms with E-state index in [4.69, 9.17) is 4.74 Å². The SMILES string of the molecule is CCOc1ccc(C(=O)NNC(=O)[C@H](C)NC(=O)c2cccc([N+](=O)[O-])c2)cc1. The van der Waals surface area contributed by atoms with Crippen LogP contribution in [0.2, 0.25) is 0 Å². The van der Waals surface area contributed by atoms with Crippen molar-refractivity contribution in [2.24, 2.45) is 0 Å². The fraction of sp³-hybridized carbons (Fsp3) is 0.211. The van der Waals surface area contributed by atoms with Crippen molar-refractivity contribution in [2.45, 2.75) is 19.9 Å². The molecule has 3 amide bonds. The van der Waals surface area contributed by atoms with Crippen molar-refractivity contribution in [1.29, 1.82) is 0 Å². The summed E-state index contributed by atoms with van der Waals surface area (Å²) in [5.74, 6) is -1.25. The lowest BCUT2D eigenvalue weighted by Gasteiger charge is -2.15. The minimum absolute atomic E-state index is 0.0391. The molecule has 0 saturated carbocycles. The Morgan fingerprint density at radius 2 is 1.72 bits per heavy atom. The van der Waals surface area contributed by atoms with Crippen LogP contribution in [0, 0.1) is 10.1 Å². The molecule has 0 fully saturated rings. The van der Waals surface area contributed by atoms with Gasteiger partial charge in [-0.15, -0.1) is 0 Å². The Kier molecular flexibility index (Phi) is 7.24. The molecule has 2 aromatic carbocycles. The molecule has 0 bridgehead atoms. The Labute approximate surface area is 166 Å². The molecule has 0 radical (unpaired) electrons. The van der Waals surface area contributed by atoms with E-state index in [0.717, 1.165) is 6.07 Å². The number of carbonyl (C=O) groups is 3. The molecular weight excluding hydrogens is 380 g/mol. The maximum absolute atomic E-state index is 12.2. The van der Waals surface area contributed by atoms with Crippen LogP contribution in [0.1, 0.15) is 34.6 Å². The summed E-state index contributed by atoms with van der Waals surface area (Å²) < 4.78 is 5.29. The van der Waals surface area contributed by atoms with E-state index in [0.29, 0.717) is 17.9 Å². The molecule has 2 rings (SSSR count). The summed E-state index contributed by atoms with van der Waals surface area (Å²) in [4.78, 5) is 46.5. The number of rotatable bonds is 7. The fourth-order valence-corrected chi connectivity index (χ4v) is 2.27. The minimum Gasteiger partial charge on any atom is -0.494 e. The molecular formula is C19H20N4O6. The number of hydrogen-bond acceptors (Lipinski definition) is 6. The largest absolute Gasteiger partial charge is 0.494 e. The van der Waals surface area contributed by atoms with Crippen molar-refractivity contribution in [3.8, 4) is 5.75 Å². The van der Waals surface area contributed by atoms with E-state index in [1.165, 1.54) is 25.1 Å². The first-order chi connectivity index (χ1) is 13.8. The number of benzene rings is 2. The van der Waals surface area contributed by atoms with E-state index in [1.54, 1.807) is 24.3 Å². The maximum atomic E-state index is 12.2. The number of ether oxygens (including phenoxy) is 1. The van der Waals surface area contributed by atoms with Crippen molar-refractivity contribution in [3.05, 3.63) is 69.8 Å². The molecule has 0 aromatic heterocycles. The van der Waals surface area contributed by atoms with Gasteiger partial charge in [-0.1, -0.05) is 6.07 Å². The highest BCUT2D eigenvalue weighted by Gasteiger charge is 2.19. The van der Waals surface area contributed by atoms with Gasteiger partial charge in [0, 0.05) is 23.3 Å². The Balaban J connectivity index is 1.88. The molecule has 0 spiro atoms. The fourth-order valence-electron chi connectivity index (χ4n) is 2.27.